The molecule has 2 heterocycles. The van der Waals surface area contributed by atoms with Crippen LogP contribution in [0.15, 0.2) is 4.90 Å². The van der Waals surface area contributed by atoms with Gasteiger partial charge in [0.15, 0.2) is 0 Å². The number of aromatic nitrogens is 2. The van der Waals surface area contributed by atoms with Crippen LogP contribution in [0.2, 0.25) is 0 Å². The predicted molar refractivity (Wildman–Crippen MR) is 73.0 cm³/mol. The second kappa shape index (κ2) is 5.81. The Morgan fingerprint density at radius 2 is 2.16 bits per heavy atom. The number of hydrogen-bond donors (Lipinski definition) is 0. The first kappa shape index (κ1) is 14.8. The largest absolute Gasteiger partial charge is 0.376 e. The van der Waals surface area contributed by atoms with E-state index >= 15 is 0 Å². The van der Waals surface area contributed by atoms with E-state index in [1.807, 2.05) is 13.8 Å². The molecule has 1 aromatic heterocycles. The first-order chi connectivity index (χ1) is 8.97. The summed E-state index contributed by atoms with van der Waals surface area (Å²) >= 11 is 0. The van der Waals surface area contributed by atoms with E-state index in [0.29, 0.717) is 30.8 Å². The van der Waals surface area contributed by atoms with E-state index in [9.17, 15) is 8.42 Å². The van der Waals surface area contributed by atoms with Gasteiger partial charge in [-0.2, -0.15) is 5.10 Å². The maximum Gasteiger partial charge on any atom is 0.264 e. The zero-order valence-electron chi connectivity index (χ0n) is 11.2. The maximum absolute atomic E-state index is 11.7. The third-order valence-corrected chi connectivity index (χ3v) is 4.81. The van der Waals surface area contributed by atoms with Crippen LogP contribution in [0.25, 0.3) is 0 Å². The van der Waals surface area contributed by atoms with Crippen LogP contribution in [0.5, 0.6) is 0 Å². The van der Waals surface area contributed by atoms with Gasteiger partial charge in [-0.25, -0.2) is 8.42 Å². The summed E-state index contributed by atoms with van der Waals surface area (Å²) in [5.41, 5.74) is 1.23. The minimum atomic E-state index is -3.75. The highest BCUT2D eigenvalue weighted by Gasteiger charge is 2.27. The second-order valence-electron chi connectivity index (χ2n) is 4.68. The summed E-state index contributed by atoms with van der Waals surface area (Å²) in [7, 11) is 1.79. The lowest BCUT2D eigenvalue weighted by atomic mass is 10.2. The standard InChI is InChI=1S/C12H19ClN2O3S/c1-3-10-12(19(13,16)17)11(4-2)15(14-10)8-9-6-5-7-18-9/h9H,3-8H2,1-2H3. The monoisotopic (exact) mass is 306 g/mol. The van der Waals surface area contributed by atoms with Gasteiger partial charge in [-0.1, -0.05) is 13.8 Å². The Balaban J connectivity index is 2.41. The average Bonchev–Trinajstić information content (AvgIpc) is 2.95. The molecule has 0 saturated carbocycles. The molecule has 1 aliphatic heterocycles. The topological polar surface area (TPSA) is 61.2 Å². The molecule has 108 valence electrons. The molecule has 2 rings (SSSR count). The van der Waals surface area contributed by atoms with Crippen molar-refractivity contribution in [3.63, 3.8) is 0 Å². The Morgan fingerprint density at radius 1 is 1.42 bits per heavy atom. The van der Waals surface area contributed by atoms with Gasteiger partial charge >= 0.3 is 0 Å². The van der Waals surface area contributed by atoms with Crippen LogP contribution in [-0.4, -0.2) is 30.9 Å². The SMILES string of the molecule is CCc1nn(CC2CCCO2)c(CC)c1S(=O)(=O)Cl. The molecular weight excluding hydrogens is 288 g/mol. The number of hydrogen-bond acceptors (Lipinski definition) is 4. The molecule has 19 heavy (non-hydrogen) atoms. The number of nitrogens with zero attached hydrogens (tertiary/aromatic N) is 2. The smallest absolute Gasteiger partial charge is 0.264 e. The van der Waals surface area contributed by atoms with Gasteiger partial charge in [0.2, 0.25) is 0 Å². The predicted octanol–water partition coefficient (Wildman–Crippen LogP) is 2.11. The van der Waals surface area contributed by atoms with Gasteiger partial charge in [-0.3, -0.25) is 4.68 Å². The highest BCUT2D eigenvalue weighted by atomic mass is 35.7. The highest BCUT2D eigenvalue weighted by Crippen LogP contribution is 2.26. The third-order valence-electron chi connectivity index (χ3n) is 3.39. The van der Waals surface area contributed by atoms with Crippen LogP contribution in [0.1, 0.15) is 38.1 Å². The van der Waals surface area contributed by atoms with Gasteiger partial charge in [-0.05, 0) is 25.7 Å². The van der Waals surface area contributed by atoms with Gasteiger partial charge in [-0.15, -0.1) is 0 Å². The van der Waals surface area contributed by atoms with E-state index in [2.05, 4.69) is 5.10 Å². The molecule has 0 spiro atoms. The molecule has 1 saturated heterocycles. The summed E-state index contributed by atoms with van der Waals surface area (Å²) in [6, 6.07) is 0. The molecule has 1 unspecified atom stereocenters. The van der Waals surface area contributed by atoms with Gasteiger partial charge in [0.1, 0.15) is 4.90 Å². The average molecular weight is 307 g/mol. The Labute approximate surface area is 118 Å². The molecule has 1 aliphatic rings. The van der Waals surface area contributed by atoms with E-state index in [0.717, 1.165) is 19.4 Å². The molecule has 0 amide bonds. The maximum atomic E-state index is 11.7. The van der Waals surface area contributed by atoms with E-state index < -0.39 is 9.05 Å². The van der Waals surface area contributed by atoms with Crippen molar-refractivity contribution in [3.8, 4) is 0 Å². The molecule has 0 bridgehead atoms. The Morgan fingerprint density at radius 3 is 2.63 bits per heavy atom. The third kappa shape index (κ3) is 3.12. The van der Waals surface area contributed by atoms with Crippen LogP contribution in [-0.2, 0) is 33.2 Å². The number of ether oxygens (including phenoxy) is 1. The van der Waals surface area contributed by atoms with E-state index in [-0.39, 0.29) is 11.0 Å². The molecule has 1 aromatic rings. The summed E-state index contributed by atoms with van der Waals surface area (Å²) in [5, 5.41) is 4.40. The molecule has 0 radical (unpaired) electrons. The van der Waals surface area contributed by atoms with E-state index in [1.165, 1.54) is 0 Å². The molecule has 1 fully saturated rings. The summed E-state index contributed by atoms with van der Waals surface area (Å²) < 4.78 is 30.8. The van der Waals surface area contributed by atoms with E-state index in [4.69, 9.17) is 15.4 Å². The molecule has 1 atom stereocenters. The molecule has 5 nitrogen and oxygen atoms in total. The fourth-order valence-electron chi connectivity index (χ4n) is 2.52. The van der Waals surface area contributed by atoms with Crippen molar-refractivity contribution in [1.29, 1.82) is 0 Å². The summed E-state index contributed by atoms with van der Waals surface area (Å²) in [6.07, 6.45) is 3.30. The number of halogens is 1. The normalized spacial score (nSPS) is 20.1. The Hall–Kier alpha value is -0.590. The van der Waals surface area contributed by atoms with Gasteiger partial charge in [0, 0.05) is 17.3 Å². The lowest BCUT2D eigenvalue weighted by molar-refractivity contribution is 0.0931. The second-order valence-corrected chi connectivity index (χ2v) is 7.19. The summed E-state index contributed by atoms with van der Waals surface area (Å²) in [4.78, 5) is 0.192. The van der Waals surface area contributed by atoms with Crippen molar-refractivity contribution in [1.82, 2.24) is 9.78 Å². The minimum Gasteiger partial charge on any atom is -0.376 e. The Bertz CT molecular complexity index is 548. The highest BCUT2D eigenvalue weighted by molar-refractivity contribution is 8.13. The first-order valence-electron chi connectivity index (χ1n) is 6.62. The number of aryl methyl sites for hydroxylation is 1. The summed E-state index contributed by atoms with van der Waals surface area (Å²) in [6.45, 7) is 5.16. The van der Waals surface area contributed by atoms with E-state index in [1.54, 1.807) is 4.68 Å². The quantitative estimate of drug-likeness (QED) is 0.782. The van der Waals surface area contributed by atoms with Crippen LogP contribution in [0, 0.1) is 0 Å². The van der Waals surface area contributed by atoms with Crippen LogP contribution in [0.4, 0.5) is 0 Å². The molecule has 0 aliphatic carbocycles. The van der Waals surface area contributed by atoms with Gasteiger partial charge in [0.25, 0.3) is 9.05 Å². The van der Waals surface area contributed by atoms with Crippen LogP contribution >= 0.6 is 10.7 Å². The summed E-state index contributed by atoms with van der Waals surface area (Å²) in [5.74, 6) is 0. The lowest BCUT2D eigenvalue weighted by Crippen LogP contribution is -2.18. The van der Waals surface area contributed by atoms with Crippen LogP contribution in [0.3, 0.4) is 0 Å². The number of rotatable bonds is 5. The minimum absolute atomic E-state index is 0.126. The Kier molecular flexibility index (Phi) is 4.53. The van der Waals surface area contributed by atoms with Gasteiger partial charge < -0.3 is 4.74 Å². The van der Waals surface area contributed by atoms with Crippen molar-refractivity contribution in [2.75, 3.05) is 6.61 Å². The first-order valence-corrected chi connectivity index (χ1v) is 8.93. The molecule has 0 N–H and O–H groups in total. The van der Waals surface area contributed by atoms with Crippen molar-refractivity contribution in [3.05, 3.63) is 11.4 Å². The van der Waals surface area contributed by atoms with Crippen LogP contribution < -0.4 is 0 Å². The van der Waals surface area contributed by atoms with Crippen molar-refractivity contribution < 1.29 is 13.2 Å². The van der Waals surface area contributed by atoms with Crippen molar-refractivity contribution in [2.24, 2.45) is 0 Å². The zero-order valence-corrected chi connectivity index (χ0v) is 12.8. The lowest BCUT2D eigenvalue weighted by Gasteiger charge is -2.12. The van der Waals surface area contributed by atoms with Gasteiger partial charge in [0.05, 0.1) is 24.0 Å². The molecule has 7 heteroatoms. The van der Waals surface area contributed by atoms with Crippen molar-refractivity contribution in [2.45, 2.75) is 57.1 Å². The zero-order chi connectivity index (χ0) is 14.0. The fraction of sp³-hybridized carbons (Fsp3) is 0.750. The fourth-order valence-corrected chi connectivity index (χ4v) is 4.06. The molecule has 0 aromatic carbocycles. The molecular formula is C12H19ClN2O3S. The van der Waals surface area contributed by atoms with Crippen molar-refractivity contribution >= 4 is 19.7 Å².